The van der Waals surface area contributed by atoms with Crippen LogP contribution in [0.1, 0.15) is 11.1 Å². The van der Waals surface area contributed by atoms with Gasteiger partial charge in [-0.05, 0) is 31.2 Å². The van der Waals surface area contributed by atoms with Crippen molar-refractivity contribution in [2.24, 2.45) is 0 Å². The fourth-order valence-corrected chi connectivity index (χ4v) is 1.64. The van der Waals surface area contributed by atoms with Gasteiger partial charge in [-0.3, -0.25) is 0 Å². The fourth-order valence-electron chi connectivity index (χ4n) is 1.04. The number of benzene rings is 1. The van der Waals surface area contributed by atoms with E-state index < -0.39 is 17.5 Å². The highest BCUT2D eigenvalue weighted by atomic mass is 32.2. The molecule has 0 N–H and O–H groups in total. The molecule has 0 bridgehead atoms. The lowest BCUT2D eigenvalue weighted by Gasteiger charge is -2.08. The monoisotopic (exact) mass is 206 g/mol. The number of rotatable bonds is 1. The molecule has 0 atom stereocenters. The van der Waals surface area contributed by atoms with E-state index in [-0.39, 0.29) is 16.0 Å². The number of hydrogen-bond acceptors (Lipinski definition) is 1. The van der Waals surface area contributed by atoms with E-state index in [1.54, 1.807) is 0 Å². The van der Waals surface area contributed by atoms with E-state index in [0.717, 1.165) is 11.8 Å². The standard InChI is InChI=1S/C9H9F3S/c1-4-5(2)7(11)9(13-3)8(12)6(4)10/h1-3H3. The lowest BCUT2D eigenvalue weighted by molar-refractivity contribution is 0.458. The first-order valence-electron chi connectivity index (χ1n) is 3.68. The first-order chi connectivity index (χ1) is 6.00. The first kappa shape index (κ1) is 10.4. The highest BCUT2D eigenvalue weighted by Crippen LogP contribution is 2.29. The number of halogens is 3. The third-order valence-corrected chi connectivity index (χ3v) is 2.78. The van der Waals surface area contributed by atoms with Crippen molar-refractivity contribution in [1.29, 1.82) is 0 Å². The summed E-state index contributed by atoms with van der Waals surface area (Å²) in [6.07, 6.45) is 1.51. The summed E-state index contributed by atoms with van der Waals surface area (Å²) in [5, 5.41) is 0. The molecule has 0 unspecified atom stereocenters. The maximum Gasteiger partial charge on any atom is 0.175 e. The Balaban J connectivity index is 3.56. The van der Waals surface area contributed by atoms with Crippen LogP contribution in [0.5, 0.6) is 0 Å². The third kappa shape index (κ3) is 1.55. The van der Waals surface area contributed by atoms with Gasteiger partial charge in [0.2, 0.25) is 0 Å². The van der Waals surface area contributed by atoms with Gasteiger partial charge in [0.1, 0.15) is 5.82 Å². The number of thioether (sulfide) groups is 1. The van der Waals surface area contributed by atoms with E-state index in [1.165, 1.54) is 20.1 Å². The molecule has 0 nitrogen and oxygen atoms in total. The molecule has 1 aromatic carbocycles. The summed E-state index contributed by atoms with van der Waals surface area (Å²) in [7, 11) is 0. The van der Waals surface area contributed by atoms with Crippen molar-refractivity contribution >= 4 is 11.8 Å². The van der Waals surface area contributed by atoms with Crippen LogP contribution in [-0.4, -0.2) is 6.26 Å². The third-order valence-electron chi connectivity index (χ3n) is 2.02. The van der Waals surface area contributed by atoms with Gasteiger partial charge in [0.15, 0.2) is 11.6 Å². The van der Waals surface area contributed by atoms with E-state index in [0.29, 0.717) is 0 Å². The number of hydrogen-bond donors (Lipinski definition) is 0. The quantitative estimate of drug-likeness (QED) is 0.501. The fraction of sp³-hybridized carbons (Fsp3) is 0.333. The van der Waals surface area contributed by atoms with Gasteiger partial charge < -0.3 is 0 Å². The minimum absolute atomic E-state index is 0.0350. The molecule has 0 amide bonds. The predicted octanol–water partition coefficient (Wildman–Crippen LogP) is 3.44. The van der Waals surface area contributed by atoms with Crippen LogP contribution >= 0.6 is 11.8 Å². The largest absolute Gasteiger partial charge is 0.205 e. The molecule has 0 radical (unpaired) electrons. The van der Waals surface area contributed by atoms with Gasteiger partial charge in [0.05, 0.1) is 4.90 Å². The molecule has 72 valence electrons. The molecule has 1 aromatic rings. The van der Waals surface area contributed by atoms with Crippen molar-refractivity contribution in [1.82, 2.24) is 0 Å². The second-order valence-electron chi connectivity index (χ2n) is 2.73. The Labute approximate surface area is 79.1 Å². The molecule has 0 spiro atoms. The molecule has 4 heteroatoms. The molecular weight excluding hydrogens is 197 g/mol. The second kappa shape index (κ2) is 3.62. The van der Waals surface area contributed by atoms with Gasteiger partial charge in [0.25, 0.3) is 0 Å². The van der Waals surface area contributed by atoms with Crippen LogP contribution in [0.3, 0.4) is 0 Å². The summed E-state index contributed by atoms with van der Waals surface area (Å²) in [5.74, 6) is -2.71. The van der Waals surface area contributed by atoms with E-state index in [2.05, 4.69) is 0 Å². The zero-order valence-electron chi connectivity index (χ0n) is 7.54. The lowest BCUT2D eigenvalue weighted by Crippen LogP contribution is -2.00. The molecule has 0 saturated heterocycles. The Morgan fingerprint density at radius 2 is 1.31 bits per heavy atom. The molecule has 0 aliphatic carbocycles. The second-order valence-corrected chi connectivity index (χ2v) is 3.54. The highest BCUT2D eigenvalue weighted by molar-refractivity contribution is 7.98. The van der Waals surface area contributed by atoms with Crippen molar-refractivity contribution in [2.45, 2.75) is 18.7 Å². The molecular formula is C9H9F3S. The SMILES string of the molecule is CSc1c(F)c(C)c(C)c(F)c1F. The maximum atomic E-state index is 13.3. The zero-order valence-corrected chi connectivity index (χ0v) is 8.36. The molecule has 0 aliphatic heterocycles. The summed E-state index contributed by atoms with van der Waals surface area (Å²) in [5.41, 5.74) is 0.205. The molecule has 1 rings (SSSR count). The van der Waals surface area contributed by atoms with Crippen molar-refractivity contribution in [3.8, 4) is 0 Å². The average molecular weight is 206 g/mol. The van der Waals surface area contributed by atoms with Gasteiger partial charge in [-0.2, -0.15) is 0 Å². The van der Waals surface area contributed by atoms with Crippen LogP contribution in [0.15, 0.2) is 4.90 Å². The Morgan fingerprint density at radius 3 is 1.77 bits per heavy atom. The van der Waals surface area contributed by atoms with Crippen LogP contribution in [0, 0.1) is 31.3 Å². The van der Waals surface area contributed by atoms with Crippen LogP contribution in [0.25, 0.3) is 0 Å². The van der Waals surface area contributed by atoms with E-state index in [4.69, 9.17) is 0 Å². The molecule has 0 aliphatic rings. The lowest BCUT2D eigenvalue weighted by atomic mass is 10.1. The minimum Gasteiger partial charge on any atom is -0.205 e. The van der Waals surface area contributed by atoms with E-state index in [1.807, 2.05) is 0 Å². The van der Waals surface area contributed by atoms with Crippen LogP contribution in [0.4, 0.5) is 13.2 Å². The van der Waals surface area contributed by atoms with E-state index in [9.17, 15) is 13.2 Å². The van der Waals surface area contributed by atoms with Gasteiger partial charge in [0, 0.05) is 0 Å². The molecule has 0 heterocycles. The van der Waals surface area contributed by atoms with Crippen LogP contribution in [-0.2, 0) is 0 Å². The Hall–Kier alpha value is -0.640. The summed E-state index contributed by atoms with van der Waals surface area (Å²) in [4.78, 5) is -0.249. The van der Waals surface area contributed by atoms with Crippen molar-refractivity contribution in [3.05, 3.63) is 28.6 Å². The Bertz CT molecular complexity index is 318. The average Bonchev–Trinajstić information content (AvgIpc) is 2.13. The van der Waals surface area contributed by atoms with Gasteiger partial charge in [-0.25, -0.2) is 13.2 Å². The smallest absolute Gasteiger partial charge is 0.175 e. The van der Waals surface area contributed by atoms with Crippen LogP contribution < -0.4 is 0 Å². The van der Waals surface area contributed by atoms with Crippen molar-refractivity contribution < 1.29 is 13.2 Å². The summed E-state index contributed by atoms with van der Waals surface area (Å²) in [6.45, 7) is 2.80. The first-order valence-corrected chi connectivity index (χ1v) is 4.90. The van der Waals surface area contributed by atoms with Gasteiger partial charge >= 0.3 is 0 Å². The van der Waals surface area contributed by atoms with Gasteiger partial charge in [-0.15, -0.1) is 11.8 Å². The van der Waals surface area contributed by atoms with Crippen molar-refractivity contribution in [2.75, 3.05) is 6.26 Å². The van der Waals surface area contributed by atoms with Crippen LogP contribution in [0.2, 0.25) is 0 Å². The molecule has 0 fully saturated rings. The van der Waals surface area contributed by atoms with E-state index >= 15 is 0 Å². The zero-order chi connectivity index (χ0) is 10.2. The summed E-state index contributed by atoms with van der Waals surface area (Å²) >= 11 is 0.869. The Kier molecular flexibility index (Phi) is 2.91. The van der Waals surface area contributed by atoms with Gasteiger partial charge in [-0.1, -0.05) is 0 Å². The topological polar surface area (TPSA) is 0 Å². The highest BCUT2D eigenvalue weighted by Gasteiger charge is 2.19. The Morgan fingerprint density at radius 1 is 0.846 bits per heavy atom. The molecule has 0 aromatic heterocycles. The minimum atomic E-state index is -1.09. The normalized spacial score (nSPS) is 10.6. The molecule has 13 heavy (non-hydrogen) atoms. The maximum absolute atomic E-state index is 13.3. The van der Waals surface area contributed by atoms with Crippen molar-refractivity contribution in [3.63, 3.8) is 0 Å². The molecule has 0 saturated carbocycles. The summed E-state index contributed by atoms with van der Waals surface area (Å²) in [6, 6.07) is 0. The summed E-state index contributed by atoms with van der Waals surface area (Å²) < 4.78 is 39.4. The predicted molar refractivity (Wildman–Crippen MR) is 47.6 cm³/mol.